The minimum atomic E-state index is -0.602. The summed E-state index contributed by atoms with van der Waals surface area (Å²) in [4.78, 5) is 11.3. The van der Waals surface area contributed by atoms with E-state index in [1.165, 1.54) is 12.8 Å². The topological polar surface area (TPSA) is 37.3 Å². The standard InChI is InChI=1S/C11H18O2S/c1-9(2,3)14-11(8(12)13)6-10(7-11)4-5-10/h4-7H2,1-3H3,(H,12,13). The highest BCUT2D eigenvalue weighted by molar-refractivity contribution is 8.02. The molecule has 2 aliphatic carbocycles. The molecule has 0 unspecified atom stereocenters. The van der Waals surface area contributed by atoms with Crippen molar-refractivity contribution in [2.24, 2.45) is 5.41 Å². The predicted octanol–water partition coefficient (Wildman–Crippen LogP) is 2.92. The number of carbonyl (C=O) groups is 1. The van der Waals surface area contributed by atoms with E-state index in [-0.39, 0.29) is 4.75 Å². The summed E-state index contributed by atoms with van der Waals surface area (Å²) in [5.41, 5.74) is 0.455. The second kappa shape index (κ2) is 2.69. The van der Waals surface area contributed by atoms with Crippen LogP contribution in [0.2, 0.25) is 0 Å². The lowest BCUT2D eigenvalue weighted by Gasteiger charge is -2.47. The molecule has 2 nitrogen and oxygen atoms in total. The fourth-order valence-corrected chi connectivity index (χ4v) is 4.56. The third kappa shape index (κ3) is 1.67. The summed E-state index contributed by atoms with van der Waals surface area (Å²) < 4.78 is -0.413. The van der Waals surface area contributed by atoms with Crippen LogP contribution in [-0.4, -0.2) is 20.6 Å². The van der Waals surface area contributed by atoms with Gasteiger partial charge >= 0.3 is 5.97 Å². The van der Waals surface area contributed by atoms with E-state index < -0.39 is 10.7 Å². The second-order valence-electron chi connectivity index (χ2n) is 5.87. The molecule has 2 fully saturated rings. The van der Waals surface area contributed by atoms with Gasteiger partial charge in [0.05, 0.1) is 0 Å². The van der Waals surface area contributed by atoms with Crippen LogP contribution >= 0.6 is 11.8 Å². The molecule has 0 saturated heterocycles. The highest BCUT2D eigenvalue weighted by atomic mass is 32.2. The van der Waals surface area contributed by atoms with Crippen molar-refractivity contribution in [2.45, 2.75) is 55.9 Å². The largest absolute Gasteiger partial charge is 0.480 e. The summed E-state index contributed by atoms with van der Waals surface area (Å²) >= 11 is 1.64. The lowest BCUT2D eigenvalue weighted by molar-refractivity contribution is -0.144. The van der Waals surface area contributed by atoms with E-state index in [1.54, 1.807) is 11.8 Å². The molecule has 2 rings (SSSR count). The van der Waals surface area contributed by atoms with Gasteiger partial charge in [0.15, 0.2) is 0 Å². The first-order valence-corrected chi connectivity index (χ1v) is 6.02. The van der Waals surface area contributed by atoms with E-state index in [0.29, 0.717) is 5.41 Å². The molecule has 0 aliphatic heterocycles. The Labute approximate surface area is 89.5 Å². The van der Waals surface area contributed by atoms with Crippen molar-refractivity contribution in [1.82, 2.24) is 0 Å². The molecule has 80 valence electrons. The van der Waals surface area contributed by atoms with Crippen molar-refractivity contribution in [3.05, 3.63) is 0 Å². The van der Waals surface area contributed by atoms with Gasteiger partial charge < -0.3 is 5.11 Å². The zero-order chi connectivity index (χ0) is 10.6. The van der Waals surface area contributed by atoms with Crippen LogP contribution in [0.4, 0.5) is 0 Å². The first-order valence-electron chi connectivity index (χ1n) is 5.21. The molecule has 14 heavy (non-hydrogen) atoms. The molecule has 0 aromatic carbocycles. The van der Waals surface area contributed by atoms with Gasteiger partial charge in [0.2, 0.25) is 0 Å². The number of thioether (sulfide) groups is 1. The van der Waals surface area contributed by atoms with Gasteiger partial charge in [-0.3, -0.25) is 4.79 Å². The monoisotopic (exact) mass is 214 g/mol. The Morgan fingerprint density at radius 1 is 1.29 bits per heavy atom. The van der Waals surface area contributed by atoms with Crippen LogP contribution in [-0.2, 0) is 4.79 Å². The Hall–Kier alpha value is -0.180. The lowest BCUT2D eigenvalue weighted by atomic mass is 9.71. The van der Waals surface area contributed by atoms with Gasteiger partial charge in [0.1, 0.15) is 4.75 Å². The van der Waals surface area contributed by atoms with Gasteiger partial charge in [0, 0.05) is 4.75 Å². The number of carboxylic acid groups (broad SMARTS) is 1. The van der Waals surface area contributed by atoms with E-state index in [2.05, 4.69) is 20.8 Å². The second-order valence-corrected chi connectivity index (χ2v) is 8.08. The average molecular weight is 214 g/mol. The molecular formula is C11H18O2S. The molecule has 0 atom stereocenters. The fraction of sp³-hybridized carbons (Fsp3) is 0.909. The molecule has 0 radical (unpaired) electrons. The summed E-state index contributed by atoms with van der Waals surface area (Å²) in [5, 5.41) is 9.29. The number of hydrogen-bond acceptors (Lipinski definition) is 2. The highest BCUT2D eigenvalue weighted by Crippen LogP contribution is 2.70. The molecular weight excluding hydrogens is 196 g/mol. The van der Waals surface area contributed by atoms with E-state index in [0.717, 1.165) is 12.8 Å². The minimum Gasteiger partial charge on any atom is -0.480 e. The smallest absolute Gasteiger partial charge is 0.319 e. The molecule has 1 N–H and O–H groups in total. The van der Waals surface area contributed by atoms with Gasteiger partial charge in [0.25, 0.3) is 0 Å². The number of rotatable bonds is 2. The van der Waals surface area contributed by atoms with Gasteiger partial charge in [-0.05, 0) is 31.1 Å². The Balaban J connectivity index is 2.06. The Morgan fingerprint density at radius 2 is 1.79 bits per heavy atom. The van der Waals surface area contributed by atoms with E-state index in [1.807, 2.05) is 0 Å². The number of carboxylic acids is 1. The maximum atomic E-state index is 11.3. The Kier molecular flexibility index (Phi) is 1.98. The van der Waals surface area contributed by atoms with Crippen LogP contribution < -0.4 is 0 Å². The summed E-state index contributed by atoms with van der Waals surface area (Å²) in [6.07, 6.45) is 4.31. The third-order valence-electron chi connectivity index (χ3n) is 3.17. The van der Waals surface area contributed by atoms with Crippen LogP contribution in [0.1, 0.15) is 46.5 Å². The maximum absolute atomic E-state index is 11.3. The van der Waals surface area contributed by atoms with Crippen molar-refractivity contribution in [3.63, 3.8) is 0 Å². The van der Waals surface area contributed by atoms with Crippen molar-refractivity contribution in [2.75, 3.05) is 0 Å². The molecule has 2 aliphatic rings. The SMILES string of the molecule is CC(C)(C)SC1(C(=O)O)CC2(CC2)C1. The molecule has 0 heterocycles. The average Bonchev–Trinajstić information content (AvgIpc) is 2.61. The van der Waals surface area contributed by atoms with E-state index in [9.17, 15) is 9.90 Å². The van der Waals surface area contributed by atoms with Crippen LogP contribution in [0, 0.1) is 5.41 Å². The number of hydrogen-bond donors (Lipinski definition) is 1. The first kappa shape index (κ1) is 10.3. The zero-order valence-electron chi connectivity index (χ0n) is 9.09. The van der Waals surface area contributed by atoms with Gasteiger partial charge in [-0.15, -0.1) is 11.8 Å². The van der Waals surface area contributed by atoms with Crippen molar-refractivity contribution in [1.29, 1.82) is 0 Å². The fourth-order valence-electron chi connectivity index (χ4n) is 2.54. The third-order valence-corrected chi connectivity index (χ3v) is 4.64. The van der Waals surface area contributed by atoms with Gasteiger partial charge in [-0.25, -0.2) is 0 Å². The Morgan fingerprint density at radius 3 is 2.07 bits per heavy atom. The molecule has 3 heteroatoms. The molecule has 0 amide bonds. The summed E-state index contributed by atoms with van der Waals surface area (Å²) in [5.74, 6) is -0.602. The maximum Gasteiger partial charge on any atom is 0.319 e. The van der Waals surface area contributed by atoms with E-state index >= 15 is 0 Å². The van der Waals surface area contributed by atoms with Crippen molar-refractivity contribution < 1.29 is 9.90 Å². The molecule has 0 aromatic rings. The van der Waals surface area contributed by atoms with E-state index in [4.69, 9.17) is 0 Å². The summed E-state index contributed by atoms with van der Waals surface area (Å²) in [6.45, 7) is 6.29. The Bertz CT molecular complexity index is 266. The molecule has 0 bridgehead atoms. The predicted molar refractivity (Wildman–Crippen MR) is 58.6 cm³/mol. The molecule has 1 spiro atoms. The summed E-state index contributed by atoms with van der Waals surface area (Å²) in [7, 11) is 0. The number of aliphatic carboxylic acids is 1. The van der Waals surface area contributed by atoms with Gasteiger partial charge in [-0.1, -0.05) is 20.8 Å². The van der Waals surface area contributed by atoms with Crippen LogP contribution in [0.15, 0.2) is 0 Å². The minimum absolute atomic E-state index is 0.0505. The highest BCUT2D eigenvalue weighted by Gasteiger charge is 2.65. The normalized spacial score (nSPS) is 27.1. The molecule has 0 aromatic heterocycles. The van der Waals surface area contributed by atoms with Crippen LogP contribution in [0.25, 0.3) is 0 Å². The van der Waals surface area contributed by atoms with Crippen LogP contribution in [0.5, 0.6) is 0 Å². The van der Waals surface area contributed by atoms with Gasteiger partial charge in [-0.2, -0.15) is 0 Å². The van der Waals surface area contributed by atoms with Crippen molar-refractivity contribution >= 4 is 17.7 Å². The first-order chi connectivity index (χ1) is 6.27. The lowest BCUT2D eigenvalue weighted by Crippen LogP contribution is -2.50. The quantitative estimate of drug-likeness (QED) is 0.768. The zero-order valence-corrected chi connectivity index (χ0v) is 9.91. The van der Waals surface area contributed by atoms with Crippen LogP contribution in [0.3, 0.4) is 0 Å². The molecule has 2 saturated carbocycles. The summed E-state index contributed by atoms with van der Waals surface area (Å²) in [6, 6.07) is 0. The van der Waals surface area contributed by atoms with Crippen molar-refractivity contribution in [3.8, 4) is 0 Å².